The van der Waals surface area contributed by atoms with Crippen LogP contribution in [-0.2, 0) is 5.92 Å². The first-order valence-electron chi connectivity index (χ1n) is 10.3. The fraction of sp³-hybridized carbons (Fsp3) is 0.348. The zero-order valence-electron chi connectivity index (χ0n) is 18.5. The fourth-order valence-electron chi connectivity index (χ4n) is 3.25. The minimum Gasteiger partial charge on any atom is -0.352 e. The minimum atomic E-state index is -3.00. The summed E-state index contributed by atoms with van der Waals surface area (Å²) in [6.45, 7) is 7.16. The van der Waals surface area contributed by atoms with Crippen molar-refractivity contribution < 1.29 is 13.6 Å². The summed E-state index contributed by atoms with van der Waals surface area (Å²) in [5.74, 6) is -2.39. The van der Waals surface area contributed by atoms with E-state index in [1.165, 1.54) is 0 Å². The van der Waals surface area contributed by atoms with Gasteiger partial charge in [0.1, 0.15) is 5.82 Å². The summed E-state index contributed by atoms with van der Waals surface area (Å²) in [4.78, 5) is 31.7. The number of benzene rings is 1. The molecule has 0 spiro atoms. The average molecular weight is 440 g/mol. The number of alkyl halides is 2. The Morgan fingerprint density at radius 2 is 1.78 bits per heavy atom. The maximum atomic E-state index is 13.4. The number of anilines is 1. The van der Waals surface area contributed by atoms with Gasteiger partial charge in [0.05, 0.1) is 16.8 Å². The predicted octanol–water partition coefficient (Wildman–Crippen LogP) is 4.32. The van der Waals surface area contributed by atoms with Crippen molar-refractivity contribution in [2.75, 3.05) is 18.4 Å². The highest BCUT2D eigenvalue weighted by molar-refractivity contribution is 5.99. The van der Waals surface area contributed by atoms with E-state index in [0.29, 0.717) is 30.2 Å². The molecule has 0 aliphatic rings. The van der Waals surface area contributed by atoms with Crippen molar-refractivity contribution in [3.05, 3.63) is 65.9 Å². The largest absolute Gasteiger partial charge is 0.352 e. The third kappa shape index (κ3) is 5.40. The lowest BCUT2D eigenvalue weighted by atomic mass is 10.1. The van der Waals surface area contributed by atoms with Crippen LogP contribution >= 0.6 is 0 Å². The van der Waals surface area contributed by atoms with E-state index in [0.717, 1.165) is 24.9 Å². The molecule has 0 aliphatic heterocycles. The van der Waals surface area contributed by atoms with Crippen LogP contribution in [0.5, 0.6) is 0 Å². The molecule has 0 saturated heterocycles. The Balaban J connectivity index is 1.76. The van der Waals surface area contributed by atoms with E-state index < -0.39 is 5.92 Å². The normalized spacial score (nSPS) is 12.3. The van der Waals surface area contributed by atoms with Gasteiger partial charge >= 0.3 is 0 Å². The van der Waals surface area contributed by atoms with E-state index in [2.05, 4.69) is 25.3 Å². The molecule has 1 N–H and O–H groups in total. The van der Waals surface area contributed by atoms with Crippen LogP contribution in [0.25, 0.3) is 11.3 Å². The third-order valence-electron chi connectivity index (χ3n) is 5.03. The van der Waals surface area contributed by atoms with Gasteiger partial charge in [-0.25, -0.2) is 28.7 Å². The summed E-state index contributed by atoms with van der Waals surface area (Å²) >= 11 is 0. The second-order valence-electron chi connectivity index (χ2n) is 7.55. The molecule has 9 heteroatoms. The van der Waals surface area contributed by atoms with Crippen molar-refractivity contribution in [1.29, 1.82) is 0 Å². The summed E-state index contributed by atoms with van der Waals surface area (Å²) in [6, 6.07) is 9.27. The molecule has 32 heavy (non-hydrogen) atoms. The van der Waals surface area contributed by atoms with Crippen molar-refractivity contribution in [2.24, 2.45) is 0 Å². The number of nitrogens with zero attached hydrogens (tertiary/aromatic N) is 5. The Bertz CT molecular complexity index is 1050. The number of carbonyl (C=O) groups excluding carboxylic acids is 1. The van der Waals surface area contributed by atoms with Crippen LogP contribution in [0.3, 0.4) is 0 Å². The highest BCUT2D eigenvalue weighted by atomic mass is 19.3. The average Bonchev–Trinajstić information content (AvgIpc) is 2.78. The lowest BCUT2D eigenvalue weighted by Crippen LogP contribution is -2.42. The van der Waals surface area contributed by atoms with Crippen LogP contribution in [0.4, 0.5) is 14.7 Å². The van der Waals surface area contributed by atoms with Crippen LogP contribution in [0.15, 0.2) is 48.9 Å². The van der Waals surface area contributed by atoms with E-state index in [9.17, 15) is 13.6 Å². The molecule has 0 aliphatic carbocycles. The van der Waals surface area contributed by atoms with E-state index >= 15 is 0 Å². The second-order valence-corrected chi connectivity index (χ2v) is 7.55. The number of carbonyl (C=O) groups is 1. The first-order chi connectivity index (χ1) is 15.2. The molecule has 3 aromatic rings. The maximum absolute atomic E-state index is 13.4. The molecule has 2 aromatic heterocycles. The van der Waals surface area contributed by atoms with Gasteiger partial charge in [-0.1, -0.05) is 30.3 Å². The molecule has 3 rings (SSSR count). The highest BCUT2D eigenvalue weighted by Gasteiger charge is 2.26. The number of nitrogens with one attached hydrogen (secondary N) is 1. The van der Waals surface area contributed by atoms with Crippen molar-refractivity contribution in [2.45, 2.75) is 39.7 Å². The number of halogens is 2. The van der Waals surface area contributed by atoms with Crippen molar-refractivity contribution in [1.82, 2.24) is 24.8 Å². The SMILES string of the molecule is CCN(C(=O)c1cnc(C)nc1-c1ccccc1)C(C)CNc1ncc(C(C)(F)F)cn1. The summed E-state index contributed by atoms with van der Waals surface area (Å²) in [5, 5.41) is 3.01. The van der Waals surface area contributed by atoms with Crippen LogP contribution in [-0.4, -0.2) is 49.9 Å². The maximum Gasteiger partial charge on any atom is 0.273 e. The lowest BCUT2D eigenvalue weighted by Gasteiger charge is -2.29. The minimum absolute atomic E-state index is 0.192. The van der Waals surface area contributed by atoms with Gasteiger partial charge in [-0.15, -0.1) is 0 Å². The fourth-order valence-corrected chi connectivity index (χ4v) is 3.25. The Labute approximate surface area is 186 Å². The Morgan fingerprint density at radius 3 is 2.38 bits per heavy atom. The van der Waals surface area contributed by atoms with Gasteiger partial charge in [0.15, 0.2) is 0 Å². The molecule has 1 aromatic carbocycles. The first kappa shape index (κ1) is 23.2. The number of likely N-dealkylation sites (N-methyl/N-ethyl adjacent to an activating group) is 1. The number of aryl methyl sites for hydroxylation is 1. The second kappa shape index (κ2) is 9.76. The smallest absolute Gasteiger partial charge is 0.273 e. The highest BCUT2D eigenvalue weighted by Crippen LogP contribution is 2.26. The monoisotopic (exact) mass is 440 g/mol. The van der Waals surface area contributed by atoms with Crippen molar-refractivity contribution in [3.63, 3.8) is 0 Å². The number of rotatable bonds is 8. The van der Waals surface area contributed by atoms with Gasteiger partial charge in [0.25, 0.3) is 11.8 Å². The van der Waals surface area contributed by atoms with Crippen molar-refractivity contribution >= 4 is 11.9 Å². The Morgan fingerprint density at radius 1 is 1.12 bits per heavy atom. The van der Waals surface area contributed by atoms with Gasteiger partial charge in [-0.05, 0) is 20.8 Å². The lowest BCUT2D eigenvalue weighted by molar-refractivity contribution is 0.0167. The molecule has 0 fully saturated rings. The van der Waals surface area contributed by atoms with E-state index in [1.54, 1.807) is 18.0 Å². The standard InChI is InChI=1S/C23H26F2N6O/c1-5-31(15(2)11-27-22-28-12-18(13-29-22)23(4,24)25)21(32)19-14-26-16(3)30-20(19)17-9-7-6-8-10-17/h6-10,12-15H,5,11H2,1-4H3,(H,27,28,29). The summed E-state index contributed by atoms with van der Waals surface area (Å²) in [7, 11) is 0. The third-order valence-corrected chi connectivity index (χ3v) is 5.03. The van der Waals surface area contributed by atoms with Crippen LogP contribution < -0.4 is 5.32 Å². The summed E-state index contributed by atoms with van der Waals surface area (Å²) in [5.41, 5.74) is 1.58. The summed E-state index contributed by atoms with van der Waals surface area (Å²) < 4.78 is 26.7. The topological polar surface area (TPSA) is 83.9 Å². The van der Waals surface area contributed by atoms with Gasteiger partial charge in [0.2, 0.25) is 5.95 Å². The number of hydrogen-bond acceptors (Lipinski definition) is 6. The Hall–Kier alpha value is -3.49. The number of hydrogen-bond donors (Lipinski definition) is 1. The molecular weight excluding hydrogens is 414 g/mol. The van der Waals surface area contributed by atoms with Gasteiger partial charge in [-0.2, -0.15) is 0 Å². The zero-order valence-corrected chi connectivity index (χ0v) is 18.5. The van der Waals surface area contributed by atoms with Crippen LogP contribution in [0.1, 0.15) is 42.5 Å². The van der Waals surface area contributed by atoms with E-state index in [4.69, 9.17) is 0 Å². The van der Waals surface area contributed by atoms with Crippen LogP contribution in [0, 0.1) is 6.92 Å². The number of amides is 1. The molecule has 1 unspecified atom stereocenters. The molecule has 0 bridgehead atoms. The predicted molar refractivity (Wildman–Crippen MR) is 118 cm³/mol. The molecule has 7 nitrogen and oxygen atoms in total. The quantitative estimate of drug-likeness (QED) is 0.562. The first-order valence-corrected chi connectivity index (χ1v) is 10.3. The van der Waals surface area contributed by atoms with Gasteiger partial charge in [-0.3, -0.25) is 4.79 Å². The van der Waals surface area contributed by atoms with Crippen molar-refractivity contribution in [3.8, 4) is 11.3 Å². The molecule has 2 heterocycles. The van der Waals surface area contributed by atoms with Gasteiger partial charge < -0.3 is 10.2 Å². The molecule has 1 atom stereocenters. The molecule has 0 saturated carbocycles. The molecule has 0 radical (unpaired) electrons. The van der Waals surface area contributed by atoms with Gasteiger partial charge in [0, 0.05) is 50.2 Å². The zero-order chi connectivity index (χ0) is 23.3. The molecular formula is C23H26F2N6O. The molecule has 1 amide bonds. The van der Waals surface area contributed by atoms with E-state index in [1.807, 2.05) is 44.2 Å². The van der Waals surface area contributed by atoms with E-state index in [-0.39, 0.29) is 23.5 Å². The van der Waals surface area contributed by atoms with Crippen LogP contribution in [0.2, 0.25) is 0 Å². The Kier molecular flexibility index (Phi) is 7.07. The summed E-state index contributed by atoms with van der Waals surface area (Å²) in [6.07, 6.45) is 3.75. The number of aromatic nitrogens is 4. The molecule has 168 valence electrons.